The SMILES string of the molecule is Cc1cc(C(=O)NCc2ccc(Br)cc2)cc(N)n1. The largest absolute Gasteiger partial charge is 0.384 e. The van der Waals surface area contributed by atoms with Gasteiger partial charge in [0, 0.05) is 22.3 Å². The first-order valence-corrected chi connectivity index (χ1v) is 6.61. The minimum Gasteiger partial charge on any atom is -0.384 e. The van der Waals surface area contributed by atoms with E-state index in [1.807, 2.05) is 31.2 Å². The Kier molecular flexibility index (Phi) is 4.16. The minimum absolute atomic E-state index is 0.153. The van der Waals surface area contributed by atoms with Gasteiger partial charge in [0.15, 0.2) is 0 Å². The predicted octanol–water partition coefficient (Wildman–Crippen LogP) is 2.66. The Labute approximate surface area is 120 Å². The Balaban J connectivity index is 2.03. The summed E-state index contributed by atoms with van der Waals surface area (Å²) in [6.07, 6.45) is 0. The Morgan fingerprint density at radius 1 is 1.32 bits per heavy atom. The van der Waals surface area contributed by atoms with Gasteiger partial charge >= 0.3 is 0 Å². The van der Waals surface area contributed by atoms with Crippen molar-refractivity contribution in [3.05, 3.63) is 57.7 Å². The van der Waals surface area contributed by atoms with Crippen molar-refractivity contribution < 1.29 is 4.79 Å². The lowest BCUT2D eigenvalue weighted by Gasteiger charge is -2.07. The van der Waals surface area contributed by atoms with E-state index in [2.05, 4.69) is 26.2 Å². The standard InChI is InChI=1S/C14H14BrN3O/c1-9-6-11(7-13(16)18-9)14(19)17-8-10-2-4-12(15)5-3-10/h2-7H,8H2,1H3,(H2,16,18)(H,17,19). The van der Waals surface area contributed by atoms with Crippen molar-refractivity contribution in [1.82, 2.24) is 10.3 Å². The van der Waals surface area contributed by atoms with Crippen molar-refractivity contribution in [3.8, 4) is 0 Å². The number of pyridine rings is 1. The summed E-state index contributed by atoms with van der Waals surface area (Å²) in [7, 11) is 0. The lowest BCUT2D eigenvalue weighted by molar-refractivity contribution is 0.0950. The molecule has 19 heavy (non-hydrogen) atoms. The van der Waals surface area contributed by atoms with Crippen molar-refractivity contribution in [2.75, 3.05) is 5.73 Å². The van der Waals surface area contributed by atoms with Crippen LogP contribution < -0.4 is 11.1 Å². The summed E-state index contributed by atoms with van der Waals surface area (Å²) in [6.45, 7) is 2.29. The highest BCUT2D eigenvalue weighted by Gasteiger charge is 2.07. The Morgan fingerprint density at radius 3 is 2.63 bits per heavy atom. The van der Waals surface area contributed by atoms with Gasteiger partial charge in [-0.1, -0.05) is 28.1 Å². The number of aryl methyl sites for hydroxylation is 1. The van der Waals surface area contributed by atoms with Crippen LogP contribution in [0.2, 0.25) is 0 Å². The zero-order valence-corrected chi connectivity index (χ0v) is 12.1. The number of nitrogens with two attached hydrogens (primary N) is 1. The summed E-state index contributed by atoms with van der Waals surface area (Å²) in [4.78, 5) is 16.0. The van der Waals surface area contributed by atoms with E-state index in [0.717, 1.165) is 15.7 Å². The highest BCUT2D eigenvalue weighted by Crippen LogP contribution is 2.11. The van der Waals surface area contributed by atoms with Crippen LogP contribution >= 0.6 is 15.9 Å². The molecule has 0 saturated carbocycles. The summed E-state index contributed by atoms with van der Waals surface area (Å²) < 4.78 is 1.01. The van der Waals surface area contributed by atoms with E-state index in [-0.39, 0.29) is 5.91 Å². The average molecular weight is 320 g/mol. The molecule has 1 amide bonds. The third-order valence-corrected chi connectivity index (χ3v) is 3.13. The van der Waals surface area contributed by atoms with Gasteiger partial charge in [0.05, 0.1) is 0 Å². The summed E-state index contributed by atoms with van der Waals surface area (Å²) in [5, 5.41) is 2.85. The fourth-order valence-electron chi connectivity index (χ4n) is 1.71. The van der Waals surface area contributed by atoms with Gasteiger partial charge in [-0.15, -0.1) is 0 Å². The molecule has 0 aliphatic rings. The first kappa shape index (κ1) is 13.5. The van der Waals surface area contributed by atoms with Crippen LogP contribution in [0, 0.1) is 6.92 Å². The van der Waals surface area contributed by atoms with E-state index in [4.69, 9.17) is 5.73 Å². The molecule has 98 valence electrons. The van der Waals surface area contributed by atoms with Gasteiger partial charge in [-0.25, -0.2) is 4.98 Å². The lowest BCUT2D eigenvalue weighted by atomic mass is 10.2. The van der Waals surface area contributed by atoms with E-state index < -0.39 is 0 Å². The highest BCUT2D eigenvalue weighted by atomic mass is 79.9. The van der Waals surface area contributed by atoms with Crippen molar-refractivity contribution >= 4 is 27.7 Å². The number of nitrogens with zero attached hydrogens (tertiary/aromatic N) is 1. The number of rotatable bonds is 3. The molecule has 0 spiro atoms. The molecule has 1 heterocycles. The normalized spacial score (nSPS) is 10.2. The topological polar surface area (TPSA) is 68.0 Å². The van der Waals surface area contributed by atoms with Crippen LogP contribution in [0.1, 0.15) is 21.6 Å². The van der Waals surface area contributed by atoms with Gasteiger partial charge in [-0.3, -0.25) is 4.79 Å². The van der Waals surface area contributed by atoms with Gasteiger partial charge in [0.1, 0.15) is 5.82 Å². The van der Waals surface area contributed by atoms with E-state index >= 15 is 0 Å². The van der Waals surface area contributed by atoms with Crippen molar-refractivity contribution in [2.45, 2.75) is 13.5 Å². The molecule has 0 bridgehead atoms. The Bertz CT molecular complexity index is 576. The van der Waals surface area contributed by atoms with E-state index in [1.165, 1.54) is 0 Å². The Hall–Kier alpha value is -1.88. The van der Waals surface area contributed by atoms with Crippen LogP contribution in [-0.4, -0.2) is 10.9 Å². The fourth-order valence-corrected chi connectivity index (χ4v) is 1.98. The molecule has 2 rings (SSSR count). The number of hydrogen-bond donors (Lipinski definition) is 2. The van der Waals surface area contributed by atoms with Gasteiger partial charge in [0.25, 0.3) is 5.91 Å². The van der Waals surface area contributed by atoms with Gasteiger partial charge < -0.3 is 11.1 Å². The van der Waals surface area contributed by atoms with E-state index in [0.29, 0.717) is 17.9 Å². The number of amides is 1. The number of nitrogen functional groups attached to an aromatic ring is 1. The average Bonchev–Trinajstić information content (AvgIpc) is 2.36. The maximum Gasteiger partial charge on any atom is 0.251 e. The molecular weight excluding hydrogens is 306 g/mol. The molecule has 0 saturated heterocycles. The molecule has 1 aromatic heterocycles. The minimum atomic E-state index is -0.153. The second-order valence-electron chi connectivity index (χ2n) is 4.23. The summed E-state index contributed by atoms with van der Waals surface area (Å²) in [5.41, 5.74) is 7.92. The van der Waals surface area contributed by atoms with E-state index in [1.54, 1.807) is 12.1 Å². The molecule has 1 aromatic carbocycles. The molecule has 0 aliphatic heterocycles. The number of hydrogen-bond acceptors (Lipinski definition) is 3. The highest BCUT2D eigenvalue weighted by molar-refractivity contribution is 9.10. The summed E-state index contributed by atoms with van der Waals surface area (Å²) in [5.74, 6) is 0.203. The number of aromatic nitrogens is 1. The number of benzene rings is 1. The molecule has 0 unspecified atom stereocenters. The van der Waals surface area contributed by atoms with Crippen LogP contribution in [0.3, 0.4) is 0 Å². The molecule has 4 nitrogen and oxygen atoms in total. The molecule has 5 heteroatoms. The van der Waals surface area contributed by atoms with Crippen molar-refractivity contribution in [3.63, 3.8) is 0 Å². The van der Waals surface area contributed by atoms with E-state index in [9.17, 15) is 4.79 Å². The molecule has 0 fully saturated rings. The van der Waals surface area contributed by atoms with Crippen molar-refractivity contribution in [2.24, 2.45) is 0 Å². The molecule has 2 aromatic rings. The Morgan fingerprint density at radius 2 is 2.00 bits per heavy atom. The van der Waals surface area contributed by atoms with Gasteiger partial charge in [0.2, 0.25) is 0 Å². The van der Waals surface area contributed by atoms with Crippen LogP contribution in [0.15, 0.2) is 40.9 Å². The molecule has 3 N–H and O–H groups in total. The zero-order chi connectivity index (χ0) is 13.8. The maximum absolute atomic E-state index is 12.0. The number of halogens is 1. The number of carbonyl (C=O) groups excluding carboxylic acids is 1. The second-order valence-corrected chi connectivity index (χ2v) is 5.15. The smallest absolute Gasteiger partial charge is 0.251 e. The van der Waals surface area contributed by atoms with Crippen LogP contribution in [-0.2, 0) is 6.54 Å². The predicted molar refractivity (Wildman–Crippen MR) is 78.7 cm³/mol. The van der Waals surface area contributed by atoms with Crippen LogP contribution in [0.25, 0.3) is 0 Å². The van der Waals surface area contributed by atoms with Gasteiger partial charge in [-0.05, 0) is 36.8 Å². The quantitative estimate of drug-likeness (QED) is 0.913. The van der Waals surface area contributed by atoms with Crippen molar-refractivity contribution in [1.29, 1.82) is 0 Å². The number of nitrogens with one attached hydrogen (secondary N) is 1. The monoisotopic (exact) mass is 319 g/mol. The fraction of sp³-hybridized carbons (Fsp3) is 0.143. The van der Waals surface area contributed by atoms with Gasteiger partial charge in [-0.2, -0.15) is 0 Å². The van der Waals surface area contributed by atoms with Crippen LogP contribution in [0.4, 0.5) is 5.82 Å². The number of anilines is 1. The summed E-state index contributed by atoms with van der Waals surface area (Å²) >= 11 is 3.37. The maximum atomic E-state index is 12.0. The van der Waals surface area contributed by atoms with Crippen LogP contribution in [0.5, 0.6) is 0 Å². The molecular formula is C14H14BrN3O. The third-order valence-electron chi connectivity index (χ3n) is 2.60. The first-order valence-electron chi connectivity index (χ1n) is 5.81. The molecule has 0 aliphatic carbocycles. The molecule has 0 atom stereocenters. The molecule has 0 radical (unpaired) electrons. The third kappa shape index (κ3) is 3.79. The number of carbonyl (C=O) groups is 1. The zero-order valence-electron chi connectivity index (χ0n) is 10.5. The first-order chi connectivity index (χ1) is 9.04. The summed E-state index contributed by atoms with van der Waals surface area (Å²) in [6, 6.07) is 11.1. The lowest BCUT2D eigenvalue weighted by Crippen LogP contribution is -2.23. The second kappa shape index (κ2) is 5.84.